The van der Waals surface area contributed by atoms with Crippen molar-refractivity contribution in [2.45, 2.75) is 20.3 Å². The predicted molar refractivity (Wildman–Crippen MR) is 59.8 cm³/mol. The van der Waals surface area contributed by atoms with Crippen LogP contribution in [0.2, 0.25) is 0 Å². The molecule has 0 amide bonds. The van der Waals surface area contributed by atoms with Crippen molar-refractivity contribution in [2.75, 3.05) is 19.7 Å². The van der Waals surface area contributed by atoms with Gasteiger partial charge < -0.3 is 10.1 Å². The van der Waals surface area contributed by atoms with Crippen molar-refractivity contribution in [1.82, 2.24) is 5.32 Å². The lowest BCUT2D eigenvalue weighted by molar-refractivity contribution is 0.299. The molecule has 0 aliphatic rings. The van der Waals surface area contributed by atoms with Gasteiger partial charge in [0.15, 0.2) is 11.6 Å². The van der Waals surface area contributed by atoms with Crippen molar-refractivity contribution < 1.29 is 9.13 Å². The van der Waals surface area contributed by atoms with Crippen molar-refractivity contribution in [3.8, 4) is 5.75 Å². The number of benzene rings is 1. The molecule has 1 rings (SSSR count). The maximum atomic E-state index is 13.2. The van der Waals surface area contributed by atoms with Gasteiger partial charge in [-0.15, -0.1) is 0 Å². The van der Waals surface area contributed by atoms with Crippen molar-refractivity contribution in [3.63, 3.8) is 0 Å². The highest BCUT2D eigenvalue weighted by Crippen LogP contribution is 2.17. The summed E-state index contributed by atoms with van der Waals surface area (Å²) in [5.41, 5.74) is 1.01. The van der Waals surface area contributed by atoms with Gasteiger partial charge in [-0.3, -0.25) is 0 Å². The van der Waals surface area contributed by atoms with Gasteiger partial charge in [0.05, 0.1) is 0 Å². The van der Waals surface area contributed by atoms with Crippen LogP contribution in [0.1, 0.15) is 18.9 Å². The Kier molecular flexibility index (Phi) is 5.12. The van der Waals surface area contributed by atoms with Crippen LogP contribution < -0.4 is 10.1 Å². The van der Waals surface area contributed by atoms with E-state index in [2.05, 4.69) is 12.2 Å². The summed E-state index contributed by atoms with van der Waals surface area (Å²) in [5, 5.41) is 3.19. The van der Waals surface area contributed by atoms with Gasteiger partial charge in [0.1, 0.15) is 6.61 Å². The van der Waals surface area contributed by atoms with Gasteiger partial charge in [0.2, 0.25) is 0 Å². The second-order valence-corrected chi connectivity index (χ2v) is 3.53. The molecular formula is C12H18FNO. The Bertz CT molecular complexity index is 302. The van der Waals surface area contributed by atoms with E-state index < -0.39 is 0 Å². The molecule has 3 heteroatoms. The third-order valence-electron chi connectivity index (χ3n) is 2.05. The lowest BCUT2D eigenvalue weighted by Crippen LogP contribution is -2.21. The highest BCUT2D eigenvalue weighted by Gasteiger charge is 2.02. The van der Waals surface area contributed by atoms with E-state index in [-0.39, 0.29) is 5.82 Å². The molecule has 0 aromatic heterocycles. The van der Waals surface area contributed by atoms with Gasteiger partial charge in [0, 0.05) is 6.54 Å². The molecule has 1 N–H and O–H groups in total. The number of halogens is 1. The molecule has 0 heterocycles. The molecule has 84 valence electrons. The van der Waals surface area contributed by atoms with Crippen LogP contribution in [0.4, 0.5) is 4.39 Å². The summed E-state index contributed by atoms with van der Waals surface area (Å²) in [6.07, 6.45) is 1.10. The van der Waals surface area contributed by atoms with Gasteiger partial charge in [0.25, 0.3) is 0 Å². The van der Waals surface area contributed by atoms with E-state index in [0.29, 0.717) is 12.4 Å². The molecule has 0 spiro atoms. The smallest absolute Gasteiger partial charge is 0.165 e. The normalized spacial score (nSPS) is 10.3. The van der Waals surface area contributed by atoms with E-state index in [0.717, 1.165) is 25.1 Å². The summed E-state index contributed by atoms with van der Waals surface area (Å²) in [4.78, 5) is 0. The number of rotatable bonds is 6. The van der Waals surface area contributed by atoms with Gasteiger partial charge in [-0.05, 0) is 37.6 Å². The molecule has 0 saturated heterocycles. The zero-order chi connectivity index (χ0) is 11.1. The van der Waals surface area contributed by atoms with Gasteiger partial charge in [-0.2, -0.15) is 0 Å². The van der Waals surface area contributed by atoms with Crippen LogP contribution in [-0.2, 0) is 0 Å². The SMILES string of the molecule is CCCNCCOc1cc(C)ccc1F. The average Bonchev–Trinajstić information content (AvgIpc) is 2.23. The van der Waals surface area contributed by atoms with Crippen molar-refractivity contribution >= 4 is 0 Å². The van der Waals surface area contributed by atoms with E-state index in [4.69, 9.17) is 4.74 Å². The van der Waals surface area contributed by atoms with Crippen LogP contribution >= 0.6 is 0 Å². The summed E-state index contributed by atoms with van der Waals surface area (Å²) in [7, 11) is 0. The first kappa shape index (κ1) is 12.0. The minimum Gasteiger partial charge on any atom is -0.489 e. The summed E-state index contributed by atoms with van der Waals surface area (Å²) in [6.45, 7) is 6.25. The quantitative estimate of drug-likeness (QED) is 0.730. The Morgan fingerprint density at radius 1 is 1.33 bits per heavy atom. The second-order valence-electron chi connectivity index (χ2n) is 3.53. The zero-order valence-corrected chi connectivity index (χ0v) is 9.35. The van der Waals surface area contributed by atoms with E-state index in [1.54, 1.807) is 12.1 Å². The van der Waals surface area contributed by atoms with Gasteiger partial charge in [-0.1, -0.05) is 13.0 Å². The minimum atomic E-state index is -0.295. The van der Waals surface area contributed by atoms with E-state index >= 15 is 0 Å². The van der Waals surface area contributed by atoms with Crippen molar-refractivity contribution in [3.05, 3.63) is 29.6 Å². The Labute approximate surface area is 90.4 Å². The molecule has 0 bridgehead atoms. The van der Waals surface area contributed by atoms with Crippen LogP contribution in [0.5, 0.6) is 5.75 Å². The Morgan fingerprint density at radius 2 is 2.13 bits per heavy atom. The molecule has 1 aromatic rings. The highest BCUT2D eigenvalue weighted by molar-refractivity contribution is 5.29. The van der Waals surface area contributed by atoms with Crippen molar-refractivity contribution in [2.24, 2.45) is 0 Å². The highest BCUT2D eigenvalue weighted by atomic mass is 19.1. The fraction of sp³-hybridized carbons (Fsp3) is 0.500. The van der Waals surface area contributed by atoms with Crippen LogP contribution in [0.25, 0.3) is 0 Å². The number of ether oxygens (including phenoxy) is 1. The fourth-order valence-electron chi connectivity index (χ4n) is 1.26. The minimum absolute atomic E-state index is 0.295. The lowest BCUT2D eigenvalue weighted by Gasteiger charge is -2.08. The standard InChI is InChI=1S/C12H18FNO/c1-3-6-14-7-8-15-12-9-10(2)4-5-11(12)13/h4-5,9,14H,3,6-8H2,1-2H3. The molecular weight excluding hydrogens is 193 g/mol. The molecule has 0 aliphatic carbocycles. The molecule has 0 aliphatic heterocycles. The predicted octanol–water partition coefficient (Wildman–Crippen LogP) is 2.51. The molecule has 0 atom stereocenters. The van der Waals surface area contributed by atoms with Crippen LogP contribution in [-0.4, -0.2) is 19.7 Å². The number of nitrogens with one attached hydrogen (secondary N) is 1. The van der Waals surface area contributed by atoms with Crippen LogP contribution in [0.3, 0.4) is 0 Å². The monoisotopic (exact) mass is 211 g/mol. The Morgan fingerprint density at radius 3 is 2.87 bits per heavy atom. The first-order valence-corrected chi connectivity index (χ1v) is 5.33. The fourth-order valence-corrected chi connectivity index (χ4v) is 1.26. The Hall–Kier alpha value is -1.09. The van der Waals surface area contributed by atoms with Crippen molar-refractivity contribution in [1.29, 1.82) is 0 Å². The van der Waals surface area contributed by atoms with Gasteiger partial charge in [-0.25, -0.2) is 4.39 Å². The maximum absolute atomic E-state index is 13.2. The number of hydrogen-bond acceptors (Lipinski definition) is 2. The second kappa shape index (κ2) is 6.40. The van der Waals surface area contributed by atoms with Crippen LogP contribution in [0, 0.1) is 12.7 Å². The van der Waals surface area contributed by atoms with Gasteiger partial charge >= 0.3 is 0 Å². The zero-order valence-electron chi connectivity index (χ0n) is 9.35. The molecule has 2 nitrogen and oxygen atoms in total. The molecule has 0 unspecified atom stereocenters. The first-order chi connectivity index (χ1) is 7.24. The first-order valence-electron chi connectivity index (χ1n) is 5.33. The largest absolute Gasteiger partial charge is 0.489 e. The third-order valence-corrected chi connectivity index (χ3v) is 2.05. The molecule has 0 radical (unpaired) electrons. The van der Waals surface area contributed by atoms with E-state index in [1.165, 1.54) is 6.07 Å². The number of hydrogen-bond donors (Lipinski definition) is 1. The average molecular weight is 211 g/mol. The molecule has 1 aromatic carbocycles. The summed E-state index contributed by atoms with van der Waals surface area (Å²) in [6, 6.07) is 4.89. The molecule has 0 saturated carbocycles. The van der Waals surface area contributed by atoms with Crippen LogP contribution in [0.15, 0.2) is 18.2 Å². The summed E-state index contributed by atoms with van der Waals surface area (Å²) in [5.74, 6) is 0.0457. The maximum Gasteiger partial charge on any atom is 0.165 e. The van der Waals surface area contributed by atoms with E-state index in [9.17, 15) is 4.39 Å². The van der Waals surface area contributed by atoms with E-state index in [1.807, 2.05) is 6.92 Å². The lowest BCUT2D eigenvalue weighted by atomic mass is 10.2. The third kappa shape index (κ3) is 4.30. The Balaban J connectivity index is 2.33. The number of aryl methyl sites for hydroxylation is 1. The molecule has 0 fully saturated rings. The topological polar surface area (TPSA) is 21.3 Å². The summed E-state index contributed by atoms with van der Waals surface area (Å²) >= 11 is 0. The molecule has 15 heavy (non-hydrogen) atoms. The summed E-state index contributed by atoms with van der Waals surface area (Å²) < 4.78 is 18.5.